The average Bonchev–Trinajstić information content (AvgIpc) is 2.69. The van der Waals surface area contributed by atoms with E-state index in [1.807, 2.05) is 0 Å². The molecule has 0 heterocycles. The molecule has 2 atom stereocenters. The van der Waals surface area contributed by atoms with Crippen LogP contribution in [-0.4, -0.2) is 18.5 Å². The zero-order chi connectivity index (χ0) is 22.4. The molecule has 166 valence electrons. The Bertz CT molecular complexity index is 760. The van der Waals surface area contributed by atoms with Crippen LogP contribution in [0.2, 0.25) is 0 Å². The first kappa shape index (κ1) is 24.4. The van der Waals surface area contributed by atoms with Crippen LogP contribution in [0.4, 0.5) is 26.3 Å². The maximum Gasteiger partial charge on any atom is 0.419 e. The number of alkyl halides is 6. The standard InChI is InChI=1S/C20H21F6O3P/c1-2-3-14-30(27,28-17(19(21,22)23)15-10-6-4-7-11-15)29-18(20(24,25)26)16-12-8-5-9-13-16/h4-13,17-18H,2-3,14H2,1H3. The van der Waals surface area contributed by atoms with E-state index in [0.29, 0.717) is 6.42 Å². The molecule has 2 rings (SSSR count). The van der Waals surface area contributed by atoms with Crippen molar-refractivity contribution in [2.75, 3.05) is 6.16 Å². The molecule has 0 spiro atoms. The van der Waals surface area contributed by atoms with E-state index >= 15 is 0 Å². The Morgan fingerprint density at radius 1 is 0.767 bits per heavy atom. The molecule has 0 fully saturated rings. The molecule has 0 aromatic heterocycles. The molecule has 0 amide bonds. The molecular weight excluding hydrogens is 433 g/mol. The van der Waals surface area contributed by atoms with Crippen molar-refractivity contribution < 1.29 is 40.0 Å². The van der Waals surface area contributed by atoms with Crippen molar-refractivity contribution in [1.29, 1.82) is 0 Å². The first-order valence-corrected chi connectivity index (χ1v) is 10.9. The van der Waals surface area contributed by atoms with Gasteiger partial charge in [-0.15, -0.1) is 0 Å². The number of rotatable bonds is 9. The minimum absolute atomic E-state index is 0.0655. The second-order valence-corrected chi connectivity index (χ2v) is 8.65. The van der Waals surface area contributed by atoms with Gasteiger partial charge in [0.25, 0.3) is 0 Å². The lowest BCUT2D eigenvalue weighted by atomic mass is 10.1. The van der Waals surface area contributed by atoms with Gasteiger partial charge in [-0.3, -0.25) is 13.6 Å². The quantitative estimate of drug-likeness (QED) is 0.289. The van der Waals surface area contributed by atoms with E-state index in [1.54, 1.807) is 6.92 Å². The van der Waals surface area contributed by atoms with Crippen molar-refractivity contribution in [3.8, 4) is 0 Å². The van der Waals surface area contributed by atoms with Crippen molar-refractivity contribution in [2.45, 2.75) is 44.3 Å². The van der Waals surface area contributed by atoms with Gasteiger partial charge in [0, 0.05) is 0 Å². The zero-order valence-electron chi connectivity index (χ0n) is 16.0. The fourth-order valence-electron chi connectivity index (χ4n) is 2.68. The topological polar surface area (TPSA) is 35.5 Å². The van der Waals surface area contributed by atoms with Crippen LogP contribution in [0.3, 0.4) is 0 Å². The summed E-state index contributed by atoms with van der Waals surface area (Å²) in [6.07, 6.45) is -15.5. The van der Waals surface area contributed by atoms with Crippen LogP contribution in [0.1, 0.15) is 43.1 Å². The molecule has 2 unspecified atom stereocenters. The SMILES string of the molecule is CCCCP(=O)(OC(c1ccccc1)C(F)(F)F)OC(c1ccccc1)C(F)(F)F. The molecule has 0 radical (unpaired) electrons. The number of benzene rings is 2. The van der Waals surface area contributed by atoms with E-state index in [1.165, 1.54) is 36.4 Å². The van der Waals surface area contributed by atoms with E-state index < -0.39 is 38.3 Å². The Morgan fingerprint density at radius 2 is 1.13 bits per heavy atom. The van der Waals surface area contributed by atoms with E-state index in [4.69, 9.17) is 9.05 Å². The molecule has 0 bridgehead atoms. The minimum atomic E-state index is -5.01. The summed E-state index contributed by atoms with van der Waals surface area (Å²) in [6.45, 7) is 1.65. The highest BCUT2D eigenvalue weighted by atomic mass is 31.2. The predicted molar refractivity (Wildman–Crippen MR) is 100 cm³/mol. The molecule has 0 saturated carbocycles. The van der Waals surface area contributed by atoms with E-state index in [0.717, 1.165) is 24.3 Å². The van der Waals surface area contributed by atoms with Crippen molar-refractivity contribution >= 4 is 7.60 Å². The maximum atomic E-state index is 13.6. The third-order valence-electron chi connectivity index (χ3n) is 4.12. The minimum Gasteiger partial charge on any atom is -0.291 e. The van der Waals surface area contributed by atoms with Crippen molar-refractivity contribution in [1.82, 2.24) is 0 Å². The number of hydrogen-bond donors (Lipinski definition) is 0. The first-order chi connectivity index (χ1) is 14.0. The molecule has 10 heteroatoms. The smallest absolute Gasteiger partial charge is 0.291 e. The zero-order valence-corrected chi connectivity index (χ0v) is 16.9. The molecule has 2 aromatic carbocycles. The van der Waals surface area contributed by atoms with Gasteiger partial charge >= 0.3 is 19.9 Å². The van der Waals surface area contributed by atoms with E-state index in [2.05, 4.69) is 0 Å². The Balaban J connectivity index is 2.43. The summed E-state index contributed by atoms with van der Waals surface area (Å²) in [7, 11) is -4.81. The molecular formula is C20H21F6O3P. The molecule has 0 aliphatic heterocycles. The molecule has 3 nitrogen and oxygen atoms in total. The second-order valence-electron chi connectivity index (χ2n) is 6.56. The lowest BCUT2D eigenvalue weighted by molar-refractivity contribution is -0.214. The van der Waals surface area contributed by atoms with Crippen LogP contribution in [0.5, 0.6) is 0 Å². The van der Waals surface area contributed by atoms with Gasteiger partial charge < -0.3 is 0 Å². The summed E-state index contributed by atoms with van der Waals surface area (Å²) in [6, 6.07) is 12.6. The number of unbranched alkanes of at least 4 members (excludes halogenated alkanes) is 1. The highest BCUT2D eigenvalue weighted by Crippen LogP contribution is 2.60. The summed E-state index contributed by atoms with van der Waals surface area (Å²) in [5.74, 6) is 0. The van der Waals surface area contributed by atoms with Crippen molar-refractivity contribution in [3.05, 3.63) is 71.8 Å². The second kappa shape index (κ2) is 9.98. The molecule has 0 aliphatic rings. The fourth-order valence-corrected chi connectivity index (χ4v) is 4.77. The number of hydrogen-bond acceptors (Lipinski definition) is 3. The summed E-state index contributed by atoms with van der Waals surface area (Å²) in [5.41, 5.74) is -0.762. The summed E-state index contributed by atoms with van der Waals surface area (Å²) in [5, 5.41) is 0. The van der Waals surface area contributed by atoms with Crippen molar-refractivity contribution in [3.63, 3.8) is 0 Å². The predicted octanol–water partition coefficient (Wildman–Crippen LogP) is 7.62. The van der Waals surface area contributed by atoms with Gasteiger partial charge in [-0.05, 0) is 17.5 Å². The molecule has 0 saturated heterocycles. The Morgan fingerprint density at radius 3 is 1.43 bits per heavy atom. The van der Waals surface area contributed by atoms with Gasteiger partial charge in [0.05, 0.1) is 6.16 Å². The largest absolute Gasteiger partial charge is 0.419 e. The van der Waals surface area contributed by atoms with Crippen molar-refractivity contribution in [2.24, 2.45) is 0 Å². The fraction of sp³-hybridized carbons (Fsp3) is 0.400. The average molecular weight is 454 g/mol. The monoisotopic (exact) mass is 454 g/mol. The lowest BCUT2D eigenvalue weighted by Gasteiger charge is -2.30. The van der Waals surface area contributed by atoms with Gasteiger partial charge in [0.1, 0.15) is 0 Å². The van der Waals surface area contributed by atoms with Gasteiger partial charge in [0.2, 0.25) is 0 Å². The Hall–Kier alpha value is -1.83. The summed E-state index contributed by atoms with van der Waals surface area (Å²) < 4.78 is 105. The molecule has 30 heavy (non-hydrogen) atoms. The maximum absolute atomic E-state index is 13.6. The van der Waals surface area contributed by atoms with Crippen LogP contribution in [-0.2, 0) is 13.6 Å². The van der Waals surface area contributed by atoms with Crippen LogP contribution in [0, 0.1) is 0 Å². The molecule has 2 aromatic rings. The van der Waals surface area contributed by atoms with Gasteiger partial charge in [-0.2, -0.15) is 26.3 Å². The highest BCUT2D eigenvalue weighted by molar-refractivity contribution is 7.53. The van der Waals surface area contributed by atoms with Crippen LogP contribution in [0.15, 0.2) is 60.7 Å². The van der Waals surface area contributed by atoms with Crippen LogP contribution in [0.25, 0.3) is 0 Å². The molecule has 0 aliphatic carbocycles. The normalized spacial score (nSPS) is 16.6. The van der Waals surface area contributed by atoms with Gasteiger partial charge in [-0.25, -0.2) is 0 Å². The Labute approximate surface area is 170 Å². The van der Waals surface area contributed by atoms with Crippen LogP contribution < -0.4 is 0 Å². The van der Waals surface area contributed by atoms with Gasteiger partial charge in [-0.1, -0.05) is 74.0 Å². The third kappa shape index (κ3) is 6.86. The van der Waals surface area contributed by atoms with E-state index in [-0.39, 0.29) is 17.5 Å². The van der Waals surface area contributed by atoms with E-state index in [9.17, 15) is 30.9 Å². The number of halogens is 6. The highest BCUT2D eigenvalue weighted by Gasteiger charge is 2.50. The third-order valence-corrected chi connectivity index (χ3v) is 6.04. The first-order valence-electron chi connectivity index (χ1n) is 9.15. The summed E-state index contributed by atoms with van der Waals surface area (Å²) >= 11 is 0. The molecule has 0 N–H and O–H groups in total. The lowest BCUT2D eigenvalue weighted by Crippen LogP contribution is -2.27. The van der Waals surface area contributed by atoms with Crippen LogP contribution >= 0.6 is 7.60 Å². The summed E-state index contributed by atoms with van der Waals surface area (Å²) in [4.78, 5) is 0. The Kier molecular flexibility index (Phi) is 8.13. The van der Waals surface area contributed by atoms with Gasteiger partial charge in [0.15, 0.2) is 12.2 Å².